The van der Waals surface area contributed by atoms with Crippen LogP contribution in [0, 0.1) is 13.8 Å². The summed E-state index contributed by atoms with van der Waals surface area (Å²) in [6.07, 6.45) is 0.951. The third-order valence-corrected chi connectivity index (χ3v) is 3.73. The van der Waals surface area contributed by atoms with Crippen LogP contribution in [0.3, 0.4) is 0 Å². The minimum Gasteiger partial charge on any atom is -0.465 e. The van der Waals surface area contributed by atoms with Crippen LogP contribution in [0.15, 0.2) is 0 Å². The smallest absolute Gasteiger partial charge is 0.355 e. The summed E-state index contributed by atoms with van der Waals surface area (Å²) in [7, 11) is 1.25. The number of amides is 2. The fourth-order valence-corrected chi connectivity index (χ4v) is 2.55. The lowest BCUT2D eigenvalue weighted by Gasteiger charge is -2.13. The molecule has 0 radical (unpaired) electrons. The maximum Gasteiger partial charge on any atom is 0.355 e. The van der Waals surface area contributed by atoms with Crippen LogP contribution in [-0.4, -0.2) is 53.9 Å². The summed E-state index contributed by atoms with van der Waals surface area (Å²) in [5.41, 5.74) is 1.22. The molecule has 1 fully saturated rings. The van der Waals surface area contributed by atoms with Crippen LogP contribution in [0.5, 0.6) is 0 Å². The Bertz CT molecular complexity index is 676. The number of aryl methyl sites for hydroxylation is 1. The van der Waals surface area contributed by atoms with Gasteiger partial charge in [0.25, 0.3) is 5.91 Å². The topological polar surface area (TPSA) is 106 Å². The number of nitrogens with zero attached hydrogens (tertiary/aromatic N) is 1. The molecule has 1 aliphatic heterocycles. The lowest BCUT2D eigenvalue weighted by atomic mass is 10.1. The quantitative estimate of drug-likeness (QED) is 0.819. The Hall–Kier alpha value is -2.64. The van der Waals surface area contributed by atoms with Gasteiger partial charge in [0.1, 0.15) is 5.69 Å². The molecule has 0 aliphatic carbocycles. The van der Waals surface area contributed by atoms with Crippen LogP contribution in [0.1, 0.15) is 44.9 Å². The number of nitrogens with one attached hydrogen (secondary N) is 1. The molecule has 8 heteroatoms. The molecule has 0 atom stereocenters. The summed E-state index contributed by atoms with van der Waals surface area (Å²) in [5, 5.41) is 0. The van der Waals surface area contributed by atoms with Gasteiger partial charge in [-0.3, -0.25) is 14.5 Å². The molecule has 8 nitrogen and oxygen atoms in total. The number of aromatic nitrogens is 1. The van der Waals surface area contributed by atoms with Crippen molar-refractivity contribution in [2.75, 3.05) is 20.3 Å². The number of carbonyl (C=O) groups is 4. The number of hydrogen-bond donors (Lipinski definition) is 1. The Labute approximate surface area is 132 Å². The van der Waals surface area contributed by atoms with Crippen LogP contribution < -0.4 is 0 Å². The van der Waals surface area contributed by atoms with E-state index in [0.717, 1.165) is 4.90 Å². The van der Waals surface area contributed by atoms with E-state index in [1.165, 1.54) is 7.11 Å². The zero-order valence-corrected chi connectivity index (χ0v) is 13.2. The van der Waals surface area contributed by atoms with E-state index in [4.69, 9.17) is 4.74 Å². The molecule has 1 N–H and O–H groups in total. The Balaban J connectivity index is 2.05. The minimum absolute atomic E-state index is 0.0865. The first kappa shape index (κ1) is 16.7. The van der Waals surface area contributed by atoms with Gasteiger partial charge in [0.15, 0.2) is 6.61 Å². The van der Waals surface area contributed by atoms with E-state index < -0.39 is 24.5 Å². The molecule has 124 valence electrons. The number of ether oxygens (including phenoxy) is 2. The highest BCUT2D eigenvalue weighted by Gasteiger charge is 2.28. The van der Waals surface area contributed by atoms with Gasteiger partial charge >= 0.3 is 11.9 Å². The molecule has 0 unspecified atom stereocenters. The second-order valence-corrected chi connectivity index (χ2v) is 5.24. The average molecular weight is 322 g/mol. The first-order chi connectivity index (χ1) is 10.9. The van der Waals surface area contributed by atoms with Crippen molar-refractivity contribution in [3.63, 3.8) is 0 Å². The lowest BCUT2D eigenvalue weighted by Crippen LogP contribution is -2.35. The number of hydrogen-bond acceptors (Lipinski definition) is 6. The summed E-state index contributed by atoms with van der Waals surface area (Å²) >= 11 is 0. The maximum atomic E-state index is 12.1. The van der Waals surface area contributed by atoms with Gasteiger partial charge < -0.3 is 14.5 Å². The number of carbonyl (C=O) groups excluding carboxylic acids is 4. The van der Waals surface area contributed by atoms with E-state index in [2.05, 4.69) is 9.72 Å². The molecule has 0 bridgehead atoms. The molecular formula is C15H18N2O6. The standard InChI is InChI=1S/C15H18N2O6/c1-8-12(14(20)22-3)9(2)16-13(8)15(21)23-7-11(19)17-6-4-5-10(17)18/h16H,4-7H2,1-3H3. The van der Waals surface area contributed by atoms with Crippen LogP contribution in [-0.2, 0) is 19.1 Å². The molecule has 2 rings (SSSR count). The Kier molecular flexibility index (Phi) is 4.83. The van der Waals surface area contributed by atoms with Crippen LogP contribution in [0.25, 0.3) is 0 Å². The van der Waals surface area contributed by atoms with E-state index in [9.17, 15) is 19.2 Å². The maximum absolute atomic E-state index is 12.1. The molecular weight excluding hydrogens is 304 g/mol. The second-order valence-electron chi connectivity index (χ2n) is 5.24. The summed E-state index contributed by atoms with van der Waals surface area (Å²) < 4.78 is 9.61. The van der Waals surface area contributed by atoms with Crippen molar-refractivity contribution in [1.82, 2.24) is 9.88 Å². The third kappa shape index (κ3) is 3.25. The van der Waals surface area contributed by atoms with E-state index in [1.54, 1.807) is 13.8 Å². The Morgan fingerprint density at radius 2 is 1.91 bits per heavy atom. The molecule has 1 aromatic rings. The predicted molar refractivity (Wildman–Crippen MR) is 77.8 cm³/mol. The average Bonchev–Trinajstić information content (AvgIpc) is 3.07. The van der Waals surface area contributed by atoms with Gasteiger partial charge in [-0.05, 0) is 25.8 Å². The minimum atomic E-state index is -0.763. The number of aromatic amines is 1. The molecule has 0 spiro atoms. The highest BCUT2D eigenvalue weighted by atomic mass is 16.5. The van der Waals surface area contributed by atoms with Crippen LogP contribution in [0.4, 0.5) is 0 Å². The van der Waals surface area contributed by atoms with Crippen molar-refractivity contribution >= 4 is 23.8 Å². The molecule has 1 saturated heterocycles. The van der Waals surface area contributed by atoms with Crippen molar-refractivity contribution < 1.29 is 28.7 Å². The molecule has 2 amide bonds. The molecule has 0 aromatic carbocycles. The van der Waals surface area contributed by atoms with Crippen molar-refractivity contribution in [2.45, 2.75) is 26.7 Å². The number of esters is 2. The van der Waals surface area contributed by atoms with Crippen molar-refractivity contribution in [3.05, 3.63) is 22.5 Å². The van der Waals surface area contributed by atoms with Gasteiger partial charge in [-0.15, -0.1) is 0 Å². The summed E-state index contributed by atoms with van der Waals surface area (Å²) in [4.78, 5) is 50.9. The first-order valence-electron chi connectivity index (χ1n) is 7.14. The molecule has 0 saturated carbocycles. The van der Waals surface area contributed by atoms with Gasteiger partial charge in [0.05, 0.1) is 12.7 Å². The highest BCUT2D eigenvalue weighted by molar-refractivity contribution is 6.00. The van der Waals surface area contributed by atoms with Gasteiger partial charge in [-0.2, -0.15) is 0 Å². The lowest BCUT2D eigenvalue weighted by molar-refractivity contribution is -0.143. The highest BCUT2D eigenvalue weighted by Crippen LogP contribution is 2.19. The number of H-pyrrole nitrogens is 1. The normalized spacial score (nSPS) is 14.0. The summed E-state index contributed by atoms with van der Waals surface area (Å²) in [6, 6.07) is 0. The summed E-state index contributed by atoms with van der Waals surface area (Å²) in [5.74, 6) is -2.13. The van der Waals surface area contributed by atoms with Crippen LogP contribution >= 0.6 is 0 Å². The monoisotopic (exact) mass is 322 g/mol. The fourth-order valence-electron chi connectivity index (χ4n) is 2.55. The number of likely N-dealkylation sites (tertiary alicyclic amines) is 1. The third-order valence-electron chi connectivity index (χ3n) is 3.73. The van der Waals surface area contributed by atoms with E-state index in [1.807, 2.05) is 0 Å². The van der Waals surface area contributed by atoms with Gasteiger partial charge in [0, 0.05) is 18.7 Å². The first-order valence-corrected chi connectivity index (χ1v) is 7.14. The van der Waals surface area contributed by atoms with Gasteiger partial charge in [0.2, 0.25) is 5.91 Å². The van der Waals surface area contributed by atoms with E-state index in [-0.39, 0.29) is 17.2 Å². The SMILES string of the molecule is COC(=O)c1c(C)[nH]c(C(=O)OCC(=O)N2CCCC2=O)c1C. The van der Waals surface area contributed by atoms with Gasteiger partial charge in [-0.1, -0.05) is 0 Å². The van der Waals surface area contributed by atoms with Crippen molar-refractivity contribution in [2.24, 2.45) is 0 Å². The van der Waals surface area contributed by atoms with Crippen LogP contribution in [0.2, 0.25) is 0 Å². The predicted octanol–water partition coefficient (Wildman–Crippen LogP) is 0.724. The second kappa shape index (κ2) is 6.64. The molecule has 1 aromatic heterocycles. The van der Waals surface area contributed by atoms with Crippen molar-refractivity contribution in [1.29, 1.82) is 0 Å². The van der Waals surface area contributed by atoms with E-state index in [0.29, 0.717) is 30.6 Å². The molecule has 1 aliphatic rings. The molecule has 2 heterocycles. The Morgan fingerprint density at radius 1 is 1.22 bits per heavy atom. The fraction of sp³-hybridized carbons (Fsp3) is 0.467. The number of methoxy groups -OCH3 is 1. The number of imide groups is 1. The molecule has 23 heavy (non-hydrogen) atoms. The zero-order valence-electron chi connectivity index (χ0n) is 13.2. The van der Waals surface area contributed by atoms with E-state index >= 15 is 0 Å². The summed E-state index contributed by atoms with van der Waals surface area (Å²) in [6.45, 7) is 3.04. The van der Waals surface area contributed by atoms with Gasteiger partial charge in [-0.25, -0.2) is 9.59 Å². The largest absolute Gasteiger partial charge is 0.465 e. The van der Waals surface area contributed by atoms with Crippen molar-refractivity contribution in [3.8, 4) is 0 Å². The zero-order chi connectivity index (χ0) is 17.1. The number of rotatable bonds is 4. The Morgan fingerprint density at radius 3 is 2.48 bits per heavy atom.